The third-order valence-corrected chi connectivity index (χ3v) is 12.5. The van der Waals surface area contributed by atoms with Gasteiger partial charge in [-0.2, -0.15) is 0 Å². The minimum absolute atomic E-state index is 0.0795. The van der Waals surface area contributed by atoms with Gasteiger partial charge in [-0.25, -0.2) is 0 Å². The summed E-state index contributed by atoms with van der Waals surface area (Å²) in [6.45, 7) is 8.81. The first-order valence-corrected chi connectivity index (χ1v) is 18.1. The van der Waals surface area contributed by atoms with E-state index in [1.807, 2.05) is 69.3 Å². The number of aromatic hydroxyl groups is 1. The Balaban J connectivity index is 1.21. The number of phenols is 1. The lowest BCUT2D eigenvalue weighted by molar-refractivity contribution is -0.0454. The molecule has 266 valence electrons. The summed E-state index contributed by atoms with van der Waals surface area (Å²) in [4.78, 5) is 36.8. The lowest BCUT2D eigenvalue weighted by atomic mass is 9.52. The summed E-state index contributed by atoms with van der Waals surface area (Å²) in [6, 6.07) is 13.7. The van der Waals surface area contributed by atoms with Crippen LogP contribution in [0, 0.1) is 26.7 Å². The fourth-order valence-corrected chi connectivity index (χ4v) is 10.1. The SMILES string of the molecule is Cc1cc(C)c(CNC(=O)c2cc3cc(-c4ccccn4)cn3c(C(C)c3cc(O)c4c5c3C[C@@H]3[C@@H]6C=C[C@H](O)[C@H](O4)[C@]56CCN3C)c2C)c(=O)[nH]1. The third-order valence-electron chi connectivity index (χ3n) is 12.5. The molecule has 0 radical (unpaired) electrons. The minimum atomic E-state index is -0.764. The highest BCUT2D eigenvalue weighted by Gasteiger charge is 2.64. The topological polar surface area (TPSA) is 132 Å². The second-order valence-electron chi connectivity index (χ2n) is 15.3. The zero-order chi connectivity index (χ0) is 36.2. The van der Waals surface area contributed by atoms with Gasteiger partial charge >= 0.3 is 0 Å². The molecule has 4 aliphatic rings. The number of aryl methyl sites for hydroxylation is 2. The Hall–Kier alpha value is -5.19. The van der Waals surface area contributed by atoms with Crippen molar-refractivity contribution in [1.29, 1.82) is 0 Å². The standard InChI is InChI=1S/C42H43N5O5/c1-21-14-22(2)45-41(51)30(21)19-44-40(50)28-16-26-15-25(32-8-6-7-12-43-32)20-47(26)37(24(28)4)23(3)27-18-35(49)38-36-29(27)17-33-31-9-10-34(48)39(52-38)42(31,36)11-13-46(33)5/h6-10,12,14-16,18,20,23,31,33-34,39,48-49H,11,13,17,19H2,1-5H3,(H,44,50)(H,45,51)/t23?,31-,33+,34-,39-,42-/m0/s1. The van der Waals surface area contributed by atoms with Crippen LogP contribution in [0.4, 0.5) is 0 Å². The number of pyridine rings is 3. The average Bonchev–Trinajstić information content (AvgIpc) is 3.71. The minimum Gasteiger partial charge on any atom is -0.504 e. The Morgan fingerprint density at radius 2 is 2.00 bits per heavy atom. The molecule has 5 aromatic rings. The van der Waals surface area contributed by atoms with Crippen molar-refractivity contribution in [3.8, 4) is 22.8 Å². The van der Waals surface area contributed by atoms with E-state index in [0.29, 0.717) is 16.9 Å². The van der Waals surface area contributed by atoms with E-state index in [-0.39, 0.29) is 41.6 Å². The first kappa shape index (κ1) is 32.7. The molecule has 2 bridgehead atoms. The van der Waals surface area contributed by atoms with Crippen LogP contribution in [0.25, 0.3) is 16.8 Å². The number of benzene rings is 1. The van der Waals surface area contributed by atoms with Gasteiger partial charge in [0, 0.05) is 81.4 Å². The average molecular weight is 698 g/mol. The molecule has 10 nitrogen and oxygen atoms in total. The van der Waals surface area contributed by atoms with Gasteiger partial charge in [-0.3, -0.25) is 14.6 Å². The van der Waals surface area contributed by atoms with Gasteiger partial charge in [-0.1, -0.05) is 25.1 Å². The number of ether oxygens (including phenoxy) is 1. The molecule has 9 rings (SSSR count). The number of carbonyl (C=O) groups is 1. The third kappa shape index (κ3) is 4.60. The van der Waals surface area contributed by atoms with Crippen molar-refractivity contribution in [2.45, 2.75) is 76.7 Å². The number of carbonyl (C=O) groups excluding carboxylic acids is 1. The summed E-state index contributed by atoms with van der Waals surface area (Å²) in [5.41, 5.74) is 9.48. The molecule has 2 aliphatic carbocycles. The van der Waals surface area contributed by atoms with Crippen molar-refractivity contribution in [2.75, 3.05) is 13.6 Å². The molecule has 4 aromatic heterocycles. The number of amides is 1. The van der Waals surface area contributed by atoms with Crippen LogP contribution in [0.15, 0.2) is 71.8 Å². The van der Waals surface area contributed by atoms with E-state index in [4.69, 9.17) is 4.74 Å². The molecule has 1 fully saturated rings. The predicted molar refractivity (Wildman–Crippen MR) is 198 cm³/mol. The Morgan fingerprint density at radius 1 is 1.17 bits per heavy atom. The summed E-state index contributed by atoms with van der Waals surface area (Å²) >= 11 is 0. The number of aliphatic hydroxyl groups is 1. The Kier molecular flexibility index (Phi) is 7.33. The van der Waals surface area contributed by atoms with Crippen LogP contribution in [-0.2, 0) is 18.4 Å². The summed E-state index contributed by atoms with van der Waals surface area (Å²) in [5, 5.41) is 26.0. The highest BCUT2D eigenvalue weighted by Crippen LogP contribution is 2.63. The van der Waals surface area contributed by atoms with E-state index in [0.717, 1.165) is 75.4 Å². The van der Waals surface area contributed by atoms with Crippen LogP contribution in [0.2, 0.25) is 0 Å². The number of aliphatic hydroxyl groups excluding tert-OH is 1. The molecule has 0 saturated carbocycles. The van der Waals surface area contributed by atoms with E-state index in [9.17, 15) is 19.8 Å². The number of phenolic OH excluding ortho intramolecular Hbond substituents is 1. The van der Waals surface area contributed by atoms with Gasteiger partial charge in [0.1, 0.15) is 12.2 Å². The molecule has 1 unspecified atom stereocenters. The van der Waals surface area contributed by atoms with Gasteiger partial charge < -0.3 is 34.6 Å². The van der Waals surface area contributed by atoms with Gasteiger partial charge in [0.15, 0.2) is 11.5 Å². The maximum Gasteiger partial charge on any atom is 0.253 e. The first-order valence-electron chi connectivity index (χ1n) is 18.1. The number of rotatable bonds is 6. The van der Waals surface area contributed by atoms with Crippen molar-refractivity contribution in [3.05, 3.63) is 128 Å². The smallest absolute Gasteiger partial charge is 0.253 e. The first-order chi connectivity index (χ1) is 25.0. The van der Waals surface area contributed by atoms with Gasteiger partial charge in [0.2, 0.25) is 0 Å². The fraction of sp³-hybridized carbons (Fsp3) is 0.357. The summed E-state index contributed by atoms with van der Waals surface area (Å²) < 4.78 is 8.67. The van der Waals surface area contributed by atoms with Crippen LogP contribution in [0.3, 0.4) is 0 Å². The van der Waals surface area contributed by atoms with Crippen molar-refractivity contribution in [3.63, 3.8) is 0 Å². The molecular formula is C42H43N5O5. The molecule has 2 aliphatic heterocycles. The Bertz CT molecular complexity index is 2400. The second-order valence-corrected chi connectivity index (χ2v) is 15.3. The largest absolute Gasteiger partial charge is 0.504 e. The maximum atomic E-state index is 14.1. The predicted octanol–water partition coefficient (Wildman–Crippen LogP) is 5.21. The number of hydrogen-bond acceptors (Lipinski definition) is 7. The van der Waals surface area contributed by atoms with E-state index in [1.54, 1.807) is 6.20 Å². The number of likely N-dealkylation sites (tertiary alicyclic amines) is 1. The molecule has 1 saturated heterocycles. The van der Waals surface area contributed by atoms with Crippen LogP contribution >= 0.6 is 0 Å². The van der Waals surface area contributed by atoms with Gasteiger partial charge in [-0.15, -0.1) is 0 Å². The zero-order valence-corrected chi connectivity index (χ0v) is 30.0. The van der Waals surface area contributed by atoms with Crippen molar-refractivity contribution < 1.29 is 19.7 Å². The zero-order valence-electron chi connectivity index (χ0n) is 30.0. The summed E-state index contributed by atoms with van der Waals surface area (Å²) in [6.07, 6.45) is 8.27. The van der Waals surface area contributed by atoms with Crippen LogP contribution in [0.1, 0.15) is 74.4 Å². The van der Waals surface area contributed by atoms with E-state index in [1.165, 1.54) is 0 Å². The van der Waals surface area contributed by atoms with Gasteiger partial charge in [0.25, 0.3) is 11.5 Å². The summed E-state index contributed by atoms with van der Waals surface area (Å²) in [7, 11) is 2.18. The van der Waals surface area contributed by atoms with E-state index in [2.05, 4.69) is 50.8 Å². The molecule has 10 heteroatoms. The highest BCUT2D eigenvalue weighted by atomic mass is 16.5. The molecule has 1 spiro atoms. The van der Waals surface area contributed by atoms with Crippen LogP contribution in [0.5, 0.6) is 11.5 Å². The fourth-order valence-electron chi connectivity index (χ4n) is 10.1. The molecule has 1 aromatic carbocycles. The number of aromatic nitrogens is 3. The quantitative estimate of drug-likeness (QED) is 0.179. The lowest BCUT2D eigenvalue weighted by Gasteiger charge is -2.56. The van der Waals surface area contributed by atoms with Crippen LogP contribution < -0.4 is 15.6 Å². The number of H-pyrrole nitrogens is 1. The van der Waals surface area contributed by atoms with E-state index >= 15 is 0 Å². The highest BCUT2D eigenvalue weighted by molar-refractivity contribution is 5.97. The number of hydrogen-bond donors (Lipinski definition) is 4. The monoisotopic (exact) mass is 697 g/mol. The summed E-state index contributed by atoms with van der Waals surface area (Å²) in [5.74, 6) is 0.212. The number of piperidine rings is 1. The normalized spacial score (nSPS) is 24.8. The maximum absolute atomic E-state index is 14.1. The number of aromatic amines is 1. The number of nitrogens with one attached hydrogen (secondary N) is 2. The Labute approximate surface area is 301 Å². The van der Waals surface area contributed by atoms with Crippen molar-refractivity contribution in [2.24, 2.45) is 5.92 Å². The molecule has 6 heterocycles. The molecule has 1 amide bonds. The van der Waals surface area contributed by atoms with E-state index < -0.39 is 17.6 Å². The second kappa shape index (κ2) is 11.7. The van der Waals surface area contributed by atoms with Gasteiger partial charge in [0.05, 0.1) is 5.69 Å². The Morgan fingerprint density at radius 3 is 2.77 bits per heavy atom. The van der Waals surface area contributed by atoms with Crippen molar-refractivity contribution >= 4 is 11.4 Å². The lowest BCUT2D eigenvalue weighted by Crippen LogP contribution is -2.64. The molecule has 52 heavy (non-hydrogen) atoms. The number of likely N-dealkylation sites (N-methyl/N-ethyl adjacent to an activating group) is 1. The molecule has 6 atom stereocenters. The van der Waals surface area contributed by atoms with Crippen molar-refractivity contribution in [1.82, 2.24) is 24.6 Å². The van der Waals surface area contributed by atoms with Gasteiger partial charge in [-0.05, 0) is 106 Å². The molecular weight excluding hydrogens is 654 g/mol. The molecule has 4 N–H and O–H groups in total. The number of nitrogens with zero attached hydrogens (tertiary/aromatic N) is 3. The van der Waals surface area contributed by atoms with Crippen LogP contribution in [-0.4, -0.2) is 67.2 Å². The number of fused-ring (bicyclic) bond motifs is 1.